The number of aryl methyl sites for hydroxylation is 1. The topological polar surface area (TPSA) is 49.4 Å². The summed E-state index contributed by atoms with van der Waals surface area (Å²) in [6.45, 7) is 6.67. The predicted molar refractivity (Wildman–Crippen MR) is 115 cm³/mol. The van der Waals surface area contributed by atoms with E-state index in [0.29, 0.717) is 35.1 Å². The SMILES string of the molecule is CCNC(=O)C(CC)N(Cc1ccc(C)cc1)C(=O)Cc1ccc(Cl)cc1Cl. The molecule has 1 atom stereocenters. The summed E-state index contributed by atoms with van der Waals surface area (Å²) in [6.07, 6.45) is 0.634. The summed E-state index contributed by atoms with van der Waals surface area (Å²) in [5.74, 6) is -0.296. The Labute approximate surface area is 176 Å². The Morgan fingerprint density at radius 1 is 1.07 bits per heavy atom. The van der Waals surface area contributed by atoms with Crippen molar-refractivity contribution in [3.8, 4) is 0 Å². The summed E-state index contributed by atoms with van der Waals surface area (Å²) < 4.78 is 0. The molecule has 4 nitrogen and oxygen atoms in total. The first-order valence-electron chi connectivity index (χ1n) is 9.42. The predicted octanol–water partition coefficient (Wildman–Crippen LogP) is 4.79. The third-order valence-corrected chi connectivity index (χ3v) is 5.15. The molecule has 2 amide bonds. The molecule has 0 saturated heterocycles. The molecule has 0 heterocycles. The van der Waals surface area contributed by atoms with Gasteiger partial charge in [0.2, 0.25) is 11.8 Å². The maximum absolute atomic E-state index is 13.2. The minimum Gasteiger partial charge on any atom is -0.355 e. The van der Waals surface area contributed by atoms with E-state index in [0.717, 1.165) is 11.1 Å². The van der Waals surface area contributed by atoms with Crippen LogP contribution in [0.4, 0.5) is 0 Å². The van der Waals surface area contributed by atoms with Crippen LogP contribution in [0.15, 0.2) is 42.5 Å². The number of amides is 2. The van der Waals surface area contributed by atoms with Gasteiger partial charge in [0.15, 0.2) is 0 Å². The maximum atomic E-state index is 13.2. The maximum Gasteiger partial charge on any atom is 0.242 e. The Bertz CT molecular complexity index is 822. The Kier molecular flexibility index (Phi) is 8.34. The molecule has 2 rings (SSSR count). The average molecular weight is 421 g/mol. The van der Waals surface area contributed by atoms with Crippen LogP contribution >= 0.6 is 23.2 Å². The van der Waals surface area contributed by atoms with E-state index >= 15 is 0 Å². The van der Waals surface area contributed by atoms with Crippen LogP contribution in [0.3, 0.4) is 0 Å². The molecule has 0 spiro atoms. The van der Waals surface area contributed by atoms with Gasteiger partial charge in [-0.2, -0.15) is 0 Å². The zero-order chi connectivity index (χ0) is 20.7. The standard InChI is InChI=1S/C22H26Cl2N2O2/c1-4-20(22(28)25-5-2)26(14-16-8-6-15(3)7-9-16)21(27)12-17-10-11-18(23)13-19(17)24/h6-11,13,20H,4-5,12,14H2,1-3H3,(H,25,28). The molecule has 2 aromatic rings. The minimum atomic E-state index is -0.542. The molecule has 0 bridgehead atoms. The highest BCUT2D eigenvalue weighted by molar-refractivity contribution is 6.35. The van der Waals surface area contributed by atoms with Crippen molar-refractivity contribution in [3.05, 3.63) is 69.2 Å². The molecule has 28 heavy (non-hydrogen) atoms. The highest BCUT2D eigenvalue weighted by Gasteiger charge is 2.28. The summed E-state index contributed by atoms with van der Waals surface area (Å²) >= 11 is 12.2. The Hall–Kier alpha value is -2.04. The van der Waals surface area contributed by atoms with Gasteiger partial charge in [0.05, 0.1) is 6.42 Å². The molecule has 150 valence electrons. The number of nitrogens with one attached hydrogen (secondary N) is 1. The number of hydrogen-bond donors (Lipinski definition) is 1. The number of hydrogen-bond acceptors (Lipinski definition) is 2. The van der Waals surface area contributed by atoms with Crippen LogP contribution in [0.5, 0.6) is 0 Å². The molecule has 0 aromatic heterocycles. The van der Waals surface area contributed by atoms with Gasteiger partial charge in [-0.25, -0.2) is 0 Å². The molecular weight excluding hydrogens is 395 g/mol. The van der Waals surface area contributed by atoms with Crippen LogP contribution in [0.2, 0.25) is 10.0 Å². The smallest absolute Gasteiger partial charge is 0.242 e. The quantitative estimate of drug-likeness (QED) is 0.667. The number of carbonyl (C=O) groups is 2. The third-order valence-electron chi connectivity index (χ3n) is 4.57. The van der Waals surface area contributed by atoms with Gasteiger partial charge in [0, 0.05) is 23.1 Å². The van der Waals surface area contributed by atoms with Crippen molar-refractivity contribution in [2.45, 2.75) is 46.2 Å². The molecule has 0 fully saturated rings. The highest BCUT2D eigenvalue weighted by atomic mass is 35.5. The molecular formula is C22H26Cl2N2O2. The first kappa shape index (κ1) is 22.3. The minimum absolute atomic E-state index is 0.109. The molecule has 0 aliphatic rings. The molecule has 0 radical (unpaired) electrons. The lowest BCUT2D eigenvalue weighted by molar-refractivity contribution is -0.140. The van der Waals surface area contributed by atoms with Crippen LogP contribution in [0, 0.1) is 6.92 Å². The van der Waals surface area contributed by atoms with Gasteiger partial charge in [0.1, 0.15) is 6.04 Å². The second-order valence-corrected chi connectivity index (χ2v) is 7.58. The third kappa shape index (κ3) is 5.98. The van der Waals surface area contributed by atoms with Gasteiger partial charge in [-0.3, -0.25) is 9.59 Å². The fourth-order valence-corrected chi connectivity index (χ4v) is 3.51. The normalized spacial score (nSPS) is 11.8. The van der Waals surface area contributed by atoms with E-state index in [4.69, 9.17) is 23.2 Å². The lowest BCUT2D eigenvalue weighted by Crippen LogP contribution is -2.49. The van der Waals surface area contributed by atoms with Gasteiger partial charge in [0.25, 0.3) is 0 Å². The van der Waals surface area contributed by atoms with Crippen LogP contribution in [-0.2, 0) is 22.6 Å². The van der Waals surface area contributed by atoms with Crippen LogP contribution in [0.25, 0.3) is 0 Å². The van der Waals surface area contributed by atoms with E-state index in [2.05, 4.69) is 5.32 Å². The average Bonchev–Trinajstić information content (AvgIpc) is 2.65. The zero-order valence-electron chi connectivity index (χ0n) is 16.5. The van der Waals surface area contributed by atoms with Crippen molar-refractivity contribution in [1.29, 1.82) is 0 Å². The number of nitrogens with zero attached hydrogens (tertiary/aromatic N) is 1. The van der Waals surface area contributed by atoms with Crippen molar-refractivity contribution < 1.29 is 9.59 Å². The Morgan fingerprint density at radius 3 is 2.32 bits per heavy atom. The highest BCUT2D eigenvalue weighted by Crippen LogP contribution is 2.23. The van der Waals surface area contributed by atoms with Crippen LogP contribution in [-0.4, -0.2) is 29.3 Å². The molecule has 0 aliphatic heterocycles. The van der Waals surface area contributed by atoms with Crippen molar-refractivity contribution in [2.24, 2.45) is 0 Å². The largest absolute Gasteiger partial charge is 0.355 e. The van der Waals surface area contributed by atoms with E-state index < -0.39 is 6.04 Å². The molecule has 0 aliphatic carbocycles. The van der Waals surface area contributed by atoms with Crippen molar-refractivity contribution in [1.82, 2.24) is 10.2 Å². The van der Waals surface area contributed by atoms with E-state index in [-0.39, 0.29) is 18.2 Å². The van der Waals surface area contributed by atoms with Gasteiger partial charge < -0.3 is 10.2 Å². The van der Waals surface area contributed by atoms with Gasteiger partial charge in [-0.1, -0.05) is 66.0 Å². The summed E-state index contributed by atoms with van der Waals surface area (Å²) in [6, 6.07) is 12.5. The molecule has 1 unspecified atom stereocenters. The lowest BCUT2D eigenvalue weighted by atomic mass is 10.1. The monoisotopic (exact) mass is 420 g/mol. The van der Waals surface area contributed by atoms with Crippen LogP contribution in [0.1, 0.15) is 37.0 Å². The zero-order valence-corrected chi connectivity index (χ0v) is 18.0. The fourth-order valence-electron chi connectivity index (χ4n) is 3.03. The Morgan fingerprint density at radius 2 is 1.75 bits per heavy atom. The first-order valence-corrected chi connectivity index (χ1v) is 10.2. The lowest BCUT2D eigenvalue weighted by Gasteiger charge is -2.31. The molecule has 0 saturated carbocycles. The second-order valence-electron chi connectivity index (χ2n) is 6.74. The van der Waals surface area contributed by atoms with E-state index in [1.54, 1.807) is 23.1 Å². The van der Waals surface area contributed by atoms with Crippen molar-refractivity contribution in [3.63, 3.8) is 0 Å². The van der Waals surface area contributed by atoms with Crippen LogP contribution < -0.4 is 5.32 Å². The summed E-state index contributed by atoms with van der Waals surface area (Å²) in [5, 5.41) is 3.80. The second kappa shape index (κ2) is 10.5. The van der Waals surface area contributed by atoms with E-state index in [9.17, 15) is 9.59 Å². The summed E-state index contributed by atoms with van der Waals surface area (Å²) in [7, 11) is 0. The van der Waals surface area contributed by atoms with E-state index in [1.807, 2.05) is 45.0 Å². The molecule has 1 N–H and O–H groups in total. The summed E-state index contributed by atoms with van der Waals surface area (Å²) in [4.78, 5) is 27.4. The number of rotatable bonds is 8. The number of benzene rings is 2. The first-order chi connectivity index (χ1) is 13.3. The number of carbonyl (C=O) groups excluding carboxylic acids is 2. The van der Waals surface area contributed by atoms with Gasteiger partial charge >= 0.3 is 0 Å². The number of likely N-dealkylation sites (N-methyl/N-ethyl adjacent to an activating group) is 1. The molecule has 2 aromatic carbocycles. The number of halogens is 2. The fraction of sp³-hybridized carbons (Fsp3) is 0.364. The van der Waals surface area contributed by atoms with E-state index in [1.165, 1.54) is 0 Å². The Balaban J connectivity index is 2.30. The summed E-state index contributed by atoms with van der Waals surface area (Å²) in [5.41, 5.74) is 2.81. The van der Waals surface area contributed by atoms with Gasteiger partial charge in [-0.15, -0.1) is 0 Å². The molecule has 6 heteroatoms. The van der Waals surface area contributed by atoms with Crippen molar-refractivity contribution in [2.75, 3.05) is 6.54 Å². The van der Waals surface area contributed by atoms with Gasteiger partial charge in [-0.05, 0) is 43.5 Å². The van der Waals surface area contributed by atoms with Crippen molar-refractivity contribution >= 4 is 35.0 Å².